The first kappa shape index (κ1) is 20.9. The van der Waals surface area contributed by atoms with Crippen LogP contribution in [0.4, 0.5) is 0 Å². The number of benzene rings is 1. The highest BCUT2D eigenvalue weighted by molar-refractivity contribution is 5.98. The molecule has 0 aliphatic carbocycles. The highest BCUT2D eigenvalue weighted by Gasteiger charge is 2.28. The summed E-state index contributed by atoms with van der Waals surface area (Å²) in [5.74, 6) is -0.775. The number of carbonyl (C=O) groups is 3. The van der Waals surface area contributed by atoms with Crippen molar-refractivity contribution in [3.8, 4) is 0 Å². The maximum Gasteiger partial charge on any atom is 0.252 e. The number of nitrogens with one attached hydrogen (secondary N) is 2. The van der Waals surface area contributed by atoms with Gasteiger partial charge in [0, 0.05) is 24.7 Å². The van der Waals surface area contributed by atoms with Gasteiger partial charge < -0.3 is 16.4 Å². The van der Waals surface area contributed by atoms with Gasteiger partial charge in [-0.05, 0) is 37.3 Å². The quantitative estimate of drug-likeness (QED) is 0.657. The van der Waals surface area contributed by atoms with Crippen molar-refractivity contribution in [2.45, 2.75) is 45.7 Å². The van der Waals surface area contributed by atoms with Crippen LogP contribution in [0, 0.1) is 12.8 Å². The van der Waals surface area contributed by atoms with E-state index in [1.807, 2.05) is 43.9 Å². The fourth-order valence-electron chi connectivity index (χ4n) is 3.33. The first-order valence-electron chi connectivity index (χ1n) is 9.45. The van der Waals surface area contributed by atoms with Gasteiger partial charge in [-0.1, -0.05) is 32.0 Å². The molecule has 0 radical (unpaired) electrons. The molecule has 7 heteroatoms. The molecule has 1 aliphatic heterocycles. The molecule has 4 N–H and O–H groups in total. The third-order valence-corrected chi connectivity index (χ3v) is 4.94. The van der Waals surface area contributed by atoms with E-state index in [9.17, 15) is 14.4 Å². The molecule has 1 aromatic rings. The molecule has 27 heavy (non-hydrogen) atoms. The molecule has 1 fully saturated rings. The second-order valence-corrected chi connectivity index (χ2v) is 7.54. The summed E-state index contributed by atoms with van der Waals surface area (Å²) in [7, 11) is 0. The molecule has 1 aliphatic rings. The monoisotopic (exact) mass is 374 g/mol. The highest BCUT2D eigenvalue weighted by atomic mass is 16.2. The van der Waals surface area contributed by atoms with Crippen molar-refractivity contribution in [3.05, 3.63) is 35.4 Å². The Morgan fingerprint density at radius 1 is 1.19 bits per heavy atom. The third kappa shape index (κ3) is 6.06. The van der Waals surface area contributed by atoms with Crippen molar-refractivity contribution in [2.75, 3.05) is 19.6 Å². The fraction of sp³-hybridized carbons (Fsp3) is 0.550. The minimum absolute atomic E-state index is 0.0343. The summed E-state index contributed by atoms with van der Waals surface area (Å²) in [6, 6.07) is 6.77. The number of rotatable bonds is 7. The van der Waals surface area contributed by atoms with Gasteiger partial charge in [0.15, 0.2) is 0 Å². The first-order chi connectivity index (χ1) is 12.8. The molecule has 7 nitrogen and oxygen atoms in total. The van der Waals surface area contributed by atoms with Crippen molar-refractivity contribution in [2.24, 2.45) is 11.7 Å². The molecule has 1 aromatic carbocycles. The first-order valence-corrected chi connectivity index (χ1v) is 9.45. The molecule has 0 aromatic heterocycles. The normalized spacial score (nSPS) is 16.7. The summed E-state index contributed by atoms with van der Waals surface area (Å²) < 4.78 is 0. The molecule has 0 bridgehead atoms. The fourth-order valence-corrected chi connectivity index (χ4v) is 3.33. The van der Waals surface area contributed by atoms with Crippen molar-refractivity contribution in [1.82, 2.24) is 15.5 Å². The number of amides is 3. The largest absolute Gasteiger partial charge is 0.369 e. The van der Waals surface area contributed by atoms with Crippen LogP contribution in [0.25, 0.3) is 0 Å². The van der Waals surface area contributed by atoms with Crippen LogP contribution in [-0.2, 0) is 9.59 Å². The van der Waals surface area contributed by atoms with Crippen LogP contribution in [0.2, 0.25) is 0 Å². The Morgan fingerprint density at radius 2 is 1.81 bits per heavy atom. The van der Waals surface area contributed by atoms with Crippen LogP contribution in [0.5, 0.6) is 0 Å². The number of nitrogens with two attached hydrogens (primary N) is 1. The maximum absolute atomic E-state index is 12.8. The molecule has 0 spiro atoms. The number of aryl methyl sites for hydroxylation is 1. The van der Waals surface area contributed by atoms with Crippen LogP contribution in [0.1, 0.15) is 42.6 Å². The van der Waals surface area contributed by atoms with E-state index in [0.29, 0.717) is 5.56 Å². The van der Waals surface area contributed by atoms with Crippen LogP contribution >= 0.6 is 0 Å². The molecular weight excluding hydrogens is 344 g/mol. The van der Waals surface area contributed by atoms with Gasteiger partial charge in [-0.25, -0.2) is 0 Å². The molecule has 2 rings (SSSR count). The number of carbonyl (C=O) groups excluding carboxylic acids is 3. The number of hydrogen-bond acceptors (Lipinski definition) is 4. The number of hydrogen-bond donors (Lipinski definition) is 3. The lowest BCUT2D eigenvalue weighted by Gasteiger charge is -2.33. The second kappa shape index (κ2) is 9.50. The predicted octanol–water partition coefficient (Wildman–Crippen LogP) is 0.815. The smallest absolute Gasteiger partial charge is 0.252 e. The minimum atomic E-state index is -0.597. The lowest BCUT2D eigenvalue weighted by molar-refractivity contribution is -0.125. The van der Waals surface area contributed by atoms with E-state index < -0.39 is 6.04 Å². The zero-order valence-electron chi connectivity index (χ0n) is 16.3. The lowest BCUT2D eigenvalue weighted by atomic mass is 9.99. The van der Waals surface area contributed by atoms with E-state index in [1.165, 1.54) is 0 Å². The zero-order valence-corrected chi connectivity index (χ0v) is 16.3. The number of primary amides is 1. The van der Waals surface area contributed by atoms with E-state index in [4.69, 9.17) is 5.73 Å². The van der Waals surface area contributed by atoms with Crippen LogP contribution in [0.15, 0.2) is 24.3 Å². The highest BCUT2D eigenvalue weighted by Crippen LogP contribution is 2.13. The Hall–Kier alpha value is -2.41. The van der Waals surface area contributed by atoms with Gasteiger partial charge in [-0.3, -0.25) is 19.3 Å². The Labute approximate surface area is 160 Å². The van der Waals surface area contributed by atoms with Crippen molar-refractivity contribution < 1.29 is 14.4 Å². The zero-order chi connectivity index (χ0) is 20.0. The predicted molar refractivity (Wildman–Crippen MR) is 104 cm³/mol. The molecule has 1 unspecified atom stereocenters. The molecule has 3 amide bonds. The molecule has 0 saturated carbocycles. The van der Waals surface area contributed by atoms with Crippen molar-refractivity contribution in [1.29, 1.82) is 0 Å². The summed E-state index contributed by atoms with van der Waals surface area (Å²) >= 11 is 0. The topological polar surface area (TPSA) is 105 Å². The summed E-state index contributed by atoms with van der Waals surface area (Å²) in [6.07, 6.45) is 1.52. The van der Waals surface area contributed by atoms with Gasteiger partial charge in [0.25, 0.3) is 5.91 Å². The van der Waals surface area contributed by atoms with Crippen LogP contribution in [0.3, 0.4) is 0 Å². The average Bonchev–Trinajstić information content (AvgIpc) is 2.60. The summed E-state index contributed by atoms with van der Waals surface area (Å²) in [5, 5.41) is 5.92. The minimum Gasteiger partial charge on any atom is -0.369 e. The third-order valence-electron chi connectivity index (χ3n) is 4.94. The Morgan fingerprint density at radius 3 is 2.37 bits per heavy atom. The summed E-state index contributed by atoms with van der Waals surface area (Å²) in [4.78, 5) is 38.3. The summed E-state index contributed by atoms with van der Waals surface area (Å²) in [6.45, 7) is 7.39. The molecule has 148 valence electrons. The van der Waals surface area contributed by atoms with Crippen LogP contribution in [-0.4, -0.2) is 54.3 Å². The number of nitrogens with zero attached hydrogens (tertiary/aromatic N) is 1. The standard InChI is InChI=1S/C20H30N4O3/c1-13(2)18(23-19(26)16-7-5-4-6-14(16)3)20(27)22-15-8-10-24(11-9-15)12-17(21)25/h4-7,13,15,18H,8-12H2,1-3H3,(H2,21,25)(H,22,27)(H,23,26). The maximum atomic E-state index is 12.8. The SMILES string of the molecule is Cc1ccccc1C(=O)NC(C(=O)NC1CCN(CC(N)=O)CC1)C(C)C. The lowest BCUT2D eigenvalue weighted by Crippen LogP contribution is -2.54. The van der Waals surface area contributed by atoms with E-state index in [1.54, 1.807) is 6.07 Å². The average molecular weight is 374 g/mol. The Balaban J connectivity index is 1.93. The van der Waals surface area contributed by atoms with Crippen molar-refractivity contribution >= 4 is 17.7 Å². The van der Waals surface area contributed by atoms with E-state index in [2.05, 4.69) is 10.6 Å². The molecule has 1 heterocycles. The van der Waals surface area contributed by atoms with Crippen LogP contribution < -0.4 is 16.4 Å². The van der Waals surface area contributed by atoms with Gasteiger partial charge in [0.1, 0.15) is 6.04 Å². The van der Waals surface area contributed by atoms with Gasteiger partial charge in [0.2, 0.25) is 11.8 Å². The number of likely N-dealkylation sites (tertiary alicyclic amines) is 1. The van der Waals surface area contributed by atoms with E-state index in [-0.39, 0.29) is 36.2 Å². The van der Waals surface area contributed by atoms with Crippen molar-refractivity contribution in [3.63, 3.8) is 0 Å². The molecule has 1 saturated heterocycles. The van der Waals surface area contributed by atoms with E-state index in [0.717, 1.165) is 31.5 Å². The molecule has 1 atom stereocenters. The Bertz CT molecular complexity index is 682. The van der Waals surface area contributed by atoms with Gasteiger partial charge in [-0.15, -0.1) is 0 Å². The second-order valence-electron chi connectivity index (χ2n) is 7.54. The summed E-state index contributed by atoms with van der Waals surface area (Å²) in [5.41, 5.74) is 6.68. The molecular formula is C20H30N4O3. The van der Waals surface area contributed by atoms with E-state index >= 15 is 0 Å². The van der Waals surface area contributed by atoms with Gasteiger partial charge in [0.05, 0.1) is 6.54 Å². The number of piperidine rings is 1. The van der Waals surface area contributed by atoms with Gasteiger partial charge >= 0.3 is 0 Å². The van der Waals surface area contributed by atoms with Gasteiger partial charge in [-0.2, -0.15) is 0 Å². The Kier molecular flexibility index (Phi) is 7.36.